The van der Waals surface area contributed by atoms with E-state index in [1.165, 1.54) is 36.3 Å². The SMILES string of the molecule is COc1ccc(CN2Cc3nc(-c4c(F)cccc4Cl)cc(Cl)c3C2=O)c(O)c1. The lowest BCUT2D eigenvalue weighted by atomic mass is 10.1. The van der Waals surface area contributed by atoms with E-state index in [0.717, 1.165) is 0 Å². The van der Waals surface area contributed by atoms with Gasteiger partial charge in [-0.2, -0.15) is 0 Å². The number of aromatic hydroxyl groups is 1. The lowest BCUT2D eigenvalue weighted by Crippen LogP contribution is -2.23. The molecule has 2 aromatic carbocycles. The minimum absolute atomic E-state index is 0.0194. The lowest BCUT2D eigenvalue weighted by molar-refractivity contribution is 0.0765. The monoisotopic (exact) mass is 432 g/mol. The van der Waals surface area contributed by atoms with Crippen molar-refractivity contribution in [1.29, 1.82) is 0 Å². The van der Waals surface area contributed by atoms with Gasteiger partial charge in [-0.3, -0.25) is 4.79 Å². The third kappa shape index (κ3) is 3.50. The Labute approximate surface area is 176 Å². The molecule has 0 bridgehead atoms. The summed E-state index contributed by atoms with van der Waals surface area (Å²) in [4.78, 5) is 18.8. The molecule has 0 unspecified atom stereocenters. The summed E-state index contributed by atoms with van der Waals surface area (Å²) in [5.74, 6) is -0.298. The molecule has 8 heteroatoms. The van der Waals surface area contributed by atoms with Gasteiger partial charge in [-0.1, -0.05) is 29.3 Å². The van der Waals surface area contributed by atoms with Gasteiger partial charge in [0.15, 0.2) is 0 Å². The van der Waals surface area contributed by atoms with Crippen LogP contribution in [-0.2, 0) is 13.1 Å². The standard InChI is InChI=1S/C21H15Cl2FN2O3/c1-29-12-6-5-11(18(27)7-12)9-26-10-17-20(21(26)28)14(23)8-16(25-17)19-13(22)3-2-4-15(19)24/h2-8,27H,9-10H2,1H3. The zero-order chi connectivity index (χ0) is 20.7. The van der Waals surface area contributed by atoms with Crippen LogP contribution in [0.4, 0.5) is 4.39 Å². The number of phenolic OH excluding ortho intramolecular Hbond substituents is 1. The van der Waals surface area contributed by atoms with Gasteiger partial charge in [-0.25, -0.2) is 9.37 Å². The van der Waals surface area contributed by atoms with Crippen molar-refractivity contribution in [3.8, 4) is 22.8 Å². The first kappa shape index (κ1) is 19.5. The number of nitrogens with zero attached hydrogens (tertiary/aromatic N) is 2. The number of carbonyl (C=O) groups excluding carboxylic acids is 1. The number of pyridine rings is 1. The van der Waals surface area contributed by atoms with E-state index < -0.39 is 5.82 Å². The molecule has 0 radical (unpaired) electrons. The van der Waals surface area contributed by atoms with E-state index in [0.29, 0.717) is 17.0 Å². The zero-order valence-electron chi connectivity index (χ0n) is 15.2. The van der Waals surface area contributed by atoms with E-state index in [4.69, 9.17) is 27.9 Å². The maximum absolute atomic E-state index is 14.3. The first-order valence-corrected chi connectivity index (χ1v) is 9.43. The molecule has 1 aliphatic heterocycles. The quantitative estimate of drug-likeness (QED) is 0.625. The maximum Gasteiger partial charge on any atom is 0.257 e. The van der Waals surface area contributed by atoms with E-state index in [-0.39, 0.29) is 51.6 Å². The van der Waals surface area contributed by atoms with E-state index in [1.54, 1.807) is 18.2 Å². The maximum atomic E-state index is 14.3. The topological polar surface area (TPSA) is 62.7 Å². The number of hydrogen-bond acceptors (Lipinski definition) is 4. The fourth-order valence-corrected chi connectivity index (χ4v) is 3.88. The number of methoxy groups -OCH3 is 1. The first-order chi connectivity index (χ1) is 13.9. The van der Waals surface area contributed by atoms with Crippen LogP contribution >= 0.6 is 23.2 Å². The van der Waals surface area contributed by atoms with E-state index in [9.17, 15) is 14.3 Å². The van der Waals surface area contributed by atoms with Crippen LogP contribution in [0.25, 0.3) is 11.3 Å². The number of carbonyl (C=O) groups is 1. The number of fused-ring (bicyclic) bond motifs is 1. The van der Waals surface area contributed by atoms with Crippen LogP contribution in [0.5, 0.6) is 11.5 Å². The smallest absolute Gasteiger partial charge is 0.257 e. The molecule has 4 rings (SSSR count). The first-order valence-electron chi connectivity index (χ1n) is 8.68. The summed E-state index contributed by atoms with van der Waals surface area (Å²) in [5.41, 5.74) is 1.66. The molecule has 2 heterocycles. The highest BCUT2D eigenvalue weighted by molar-refractivity contribution is 6.35. The van der Waals surface area contributed by atoms with Gasteiger partial charge in [-0.15, -0.1) is 0 Å². The molecule has 1 aromatic heterocycles. The van der Waals surface area contributed by atoms with Crippen LogP contribution in [0.1, 0.15) is 21.6 Å². The molecule has 29 heavy (non-hydrogen) atoms. The fourth-order valence-electron chi connectivity index (χ4n) is 3.32. The van der Waals surface area contributed by atoms with Crippen molar-refractivity contribution in [2.24, 2.45) is 0 Å². The van der Waals surface area contributed by atoms with Crippen LogP contribution < -0.4 is 4.74 Å². The summed E-state index contributed by atoms with van der Waals surface area (Å²) < 4.78 is 19.4. The molecule has 3 aromatic rings. The average molecular weight is 433 g/mol. The number of aromatic nitrogens is 1. The molecule has 0 saturated heterocycles. The highest BCUT2D eigenvalue weighted by Crippen LogP contribution is 2.36. The number of ether oxygens (including phenoxy) is 1. The molecule has 1 N–H and O–H groups in total. The Kier molecular flexibility index (Phi) is 5.06. The van der Waals surface area contributed by atoms with Gasteiger partial charge in [-0.05, 0) is 30.3 Å². The van der Waals surface area contributed by atoms with Crippen LogP contribution in [0.2, 0.25) is 10.0 Å². The molecule has 148 valence electrons. The summed E-state index contributed by atoms with van der Waals surface area (Å²) in [6.45, 7) is 0.344. The van der Waals surface area contributed by atoms with Gasteiger partial charge >= 0.3 is 0 Å². The van der Waals surface area contributed by atoms with Crippen molar-refractivity contribution in [2.75, 3.05) is 7.11 Å². The molecule has 1 aliphatic rings. The van der Waals surface area contributed by atoms with Crippen molar-refractivity contribution < 1.29 is 19.0 Å². The average Bonchev–Trinajstić information content (AvgIpc) is 2.99. The van der Waals surface area contributed by atoms with Crippen molar-refractivity contribution >= 4 is 29.1 Å². The number of halogens is 3. The van der Waals surface area contributed by atoms with Crippen molar-refractivity contribution in [3.63, 3.8) is 0 Å². The predicted octanol–water partition coefficient (Wildman–Crippen LogP) is 5.06. The number of benzene rings is 2. The molecule has 0 atom stereocenters. The van der Waals surface area contributed by atoms with E-state index >= 15 is 0 Å². The van der Waals surface area contributed by atoms with Gasteiger partial charge in [0.1, 0.15) is 17.3 Å². The van der Waals surface area contributed by atoms with E-state index in [2.05, 4.69) is 4.98 Å². The van der Waals surface area contributed by atoms with Crippen molar-refractivity contribution in [1.82, 2.24) is 9.88 Å². The van der Waals surface area contributed by atoms with E-state index in [1.807, 2.05) is 0 Å². The van der Waals surface area contributed by atoms with Crippen LogP contribution in [0.3, 0.4) is 0 Å². The molecular weight excluding hydrogens is 418 g/mol. The second kappa shape index (κ2) is 7.54. The number of amides is 1. The third-order valence-electron chi connectivity index (χ3n) is 4.76. The second-order valence-corrected chi connectivity index (χ2v) is 7.38. The Hall–Kier alpha value is -2.83. The Balaban J connectivity index is 1.67. The van der Waals surface area contributed by atoms with Gasteiger partial charge in [0, 0.05) is 11.6 Å². The summed E-state index contributed by atoms with van der Waals surface area (Å²) in [7, 11) is 1.50. The zero-order valence-corrected chi connectivity index (χ0v) is 16.8. The minimum atomic E-state index is -0.523. The highest BCUT2D eigenvalue weighted by Gasteiger charge is 2.32. The van der Waals surface area contributed by atoms with Crippen LogP contribution in [-0.4, -0.2) is 28.0 Å². The van der Waals surface area contributed by atoms with Crippen LogP contribution in [0.15, 0.2) is 42.5 Å². The van der Waals surface area contributed by atoms with Gasteiger partial charge < -0.3 is 14.7 Å². The third-order valence-corrected chi connectivity index (χ3v) is 5.37. The Bertz CT molecular complexity index is 1120. The molecule has 5 nitrogen and oxygen atoms in total. The molecule has 0 aliphatic carbocycles. The normalized spacial score (nSPS) is 13.0. The Morgan fingerprint density at radius 2 is 1.97 bits per heavy atom. The summed E-state index contributed by atoms with van der Waals surface area (Å²) in [5, 5.41) is 10.6. The Morgan fingerprint density at radius 1 is 1.17 bits per heavy atom. The van der Waals surface area contributed by atoms with Crippen LogP contribution in [0, 0.1) is 5.82 Å². The van der Waals surface area contributed by atoms with Gasteiger partial charge in [0.25, 0.3) is 5.91 Å². The minimum Gasteiger partial charge on any atom is -0.507 e. The number of hydrogen-bond donors (Lipinski definition) is 1. The summed E-state index contributed by atoms with van der Waals surface area (Å²) in [6, 6.07) is 10.7. The van der Waals surface area contributed by atoms with Gasteiger partial charge in [0.2, 0.25) is 0 Å². The summed E-state index contributed by atoms with van der Waals surface area (Å²) >= 11 is 12.5. The fraction of sp³-hybridized carbons (Fsp3) is 0.143. The molecule has 0 fully saturated rings. The summed E-state index contributed by atoms with van der Waals surface area (Å²) in [6.07, 6.45) is 0. The molecule has 0 saturated carbocycles. The van der Waals surface area contributed by atoms with Gasteiger partial charge in [0.05, 0.1) is 52.8 Å². The largest absolute Gasteiger partial charge is 0.507 e. The molecular formula is C21H15Cl2FN2O3. The van der Waals surface area contributed by atoms with Crippen molar-refractivity contribution in [2.45, 2.75) is 13.1 Å². The molecule has 0 spiro atoms. The molecule has 1 amide bonds. The predicted molar refractivity (Wildman–Crippen MR) is 108 cm³/mol. The number of rotatable bonds is 4. The van der Waals surface area contributed by atoms with Crippen molar-refractivity contribution in [3.05, 3.63) is 75.1 Å². The highest BCUT2D eigenvalue weighted by atomic mass is 35.5. The lowest BCUT2D eigenvalue weighted by Gasteiger charge is -2.16. The Morgan fingerprint density at radius 3 is 2.66 bits per heavy atom. The second-order valence-electron chi connectivity index (χ2n) is 6.56. The number of phenols is 1.